The van der Waals surface area contributed by atoms with Crippen molar-refractivity contribution in [1.29, 1.82) is 0 Å². The van der Waals surface area contributed by atoms with E-state index < -0.39 is 11.9 Å². The second-order valence-electron chi connectivity index (χ2n) is 7.31. The lowest BCUT2D eigenvalue weighted by molar-refractivity contribution is 0.0679. The maximum Gasteiger partial charge on any atom is 0.343 e. The topological polar surface area (TPSA) is 52.6 Å². The maximum absolute atomic E-state index is 12.7. The summed E-state index contributed by atoms with van der Waals surface area (Å²) in [6.07, 6.45) is 0.688. The summed E-state index contributed by atoms with van der Waals surface area (Å²) in [6, 6.07) is 21.3. The van der Waals surface area contributed by atoms with Crippen LogP contribution in [-0.4, -0.2) is 11.9 Å². The van der Waals surface area contributed by atoms with Crippen molar-refractivity contribution in [2.75, 3.05) is 0 Å². The molecule has 3 aromatic carbocycles. The van der Waals surface area contributed by atoms with Gasteiger partial charge in [-0.3, -0.25) is 0 Å². The summed E-state index contributed by atoms with van der Waals surface area (Å²) in [7, 11) is 0. The highest BCUT2D eigenvalue weighted by atomic mass is 16.6. The predicted octanol–water partition coefficient (Wildman–Crippen LogP) is 5.63. The Morgan fingerprint density at radius 1 is 0.724 bits per heavy atom. The van der Waals surface area contributed by atoms with Crippen LogP contribution in [0, 0.1) is 12.8 Å². The monoisotopic (exact) mass is 388 g/mol. The molecule has 0 amide bonds. The van der Waals surface area contributed by atoms with Crippen LogP contribution >= 0.6 is 0 Å². The quantitative estimate of drug-likeness (QED) is 0.405. The molecule has 29 heavy (non-hydrogen) atoms. The van der Waals surface area contributed by atoms with E-state index in [1.54, 1.807) is 48.5 Å². The average molecular weight is 388 g/mol. The molecule has 0 radical (unpaired) electrons. The van der Waals surface area contributed by atoms with E-state index in [0.29, 0.717) is 29.2 Å². The van der Waals surface area contributed by atoms with Crippen molar-refractivity contribution < 1.29 is 19.1 Å². The fourth-order valence-corrected chi connectivity index (χ4v) is 2.99. The Kier molecular flexibility index (Phi) is 6.45. The summed E-state index contributed by atoms with van der Waals surface area (Å²) in [4.78, 5) is 25.4. The van der Waals surface area contributed by atoms with Gasteiger partial charge in [0, 0.05) is 0 Å². The molecule has 0 aliphatic rings. The molecule has 0 unspecified atom stereocenters. The number of benzene rings is 3. The summed E-state index contributed by atoms with van der Waals surface area (Å²) >= 11 is 0. The summed E-state index contributed by atoms with van der Waals surface area (Å²) in [5, 5.41) is 0. The van der Waals surface area contributed by atoms with Crippen molar-refractivity contribution in [1.82, 2.24) is 0 Å². The van der Waals surface area contributed by atoms with Crippen molar-refractivity contribution in [2.24, 2.45) is 5.92 Å². The number of ether oxygens (including phenoxy) is 2. The lowest BCUT2D eigenvalue weighted by Gasteiger charge is -2.18. The average Bonchev–Trinajstić information content (AvgIpc) is 2.73. The first kappa shape index (κ1) is 20.3. The number of rotatable bonds is 6. The van der Waals surface area contributed by atoms with Gasteiger partial charge in [0.25, 0.3) is 0 Å². The molecular weight excluding hydrogens is 364 g/mol. The van der Waals surface area contributed by atoms with Gasteiger partial charge in [-0.2, -0.15) is 0 Å². The summed E-state index contributed by atoms with van der Waals surface area (Å²) in [5.41, 5.74) is 2.41. The highest BCUT2D eigenvalue weighted by Crippen LogP contribution is 2.37. The number of aryl methyl sites for hydroxylation is 1. The van der Waals surface area contributed by atoms with Crippen LogP contribution in [0.1, 0.15) is 45.7 Å². The molecule has 0 atom stereocenters. The van der Waals surface area contributed by atoms with Gasteiger partial charge in [-0.05, 0) is 54.7 Å². The van der Waals surface area contributed by atoms with E-state index in [4.69, 9.17) is 9.47 Å². The third kappa shape index (κ3) is 5.11. The molecule has 0 saturated carbocycles. The van der Waals surface area contributed by atoms with E-state index in [1.807, 2.05) is 31.2 Å². The van der Waals surface area contributed by atoms with E-state index in [1.165, 1.54) is 0 Å². The Labute approximate surface area is 171 Å². The van der Waals surface area contributed by atoms with Gasteiger partial charge < -0.3 is 9.47 Å². The molecule has 0 bridgehead atoms. The molecule has 0 aromatic heterocycles. The Bertz CT molecular complexity index is 992. The summed E-state index contributed by atoms with van der Waals surface area (Å²) < 4.78 is 11.5. The number of esters is 2. The van der Waals surface area contributed by atoms with Crippen LogP contribution in [0.5, 0.6) is 11.5 Å². The van der Waals surface area contributed by atoms with Crippen LogP contribution in [0.3, 0.4) is 0 Å². The molecule has 4 heteroatoms. The van der Waals surface area contributed by atoms with E-state index >= 15 is 0 Å². The molecule has 0 heterocycles. The second kappa shape index (κ2) is 9.20. The van der Waals surface area contributed by atoms with E-state index in [-0.39, 0.29) is 5.75 Å². The molecule has 0 aliphatic heterocycles. The lowest BCUT2D eigenvalue weighted by atomic mass is 10.00. The van der Waals surface area contributed by atoms with Gasteiger partial charge in [0.2, 0.25) is 0 Å². The molecule has 0 saturated heterocycles. The molecule has 0 fully saturated rings. The minimum Gasteiger partial charge on any atom is -0.419 e. The second-order valence-corrected chi connectivity index (χ2v) is 7.31. The zero-order valence-electron chi connectivity index (χ0n) is 16.8. The minimum absolute atomic E-state index is 0.279. The summed E-state index contributed by atoms with van der Waals surface area (Å²) in [6.45, 7) is 5.99. The number of carbonyl (C=O) groups excluding carboxylic acids is 2. The Morgan fingerprint density at radius 2 is 1.21 bits per heavy atom. The molecular formula is C25H24O4. The molecule has 148 valence electrons. The largest absolute Gasteiger partial charge is 0.419 e. The van der Waals surface area contributed by atoms with Gasteiger partial charge in [-0.1, -0.05) is 62.4 Å². The molecule has 0 spiro atoms. The Morgan fingerprint density at radius 3 is 1.69 bits per heavy atom. The molecule has 0 aliphatic carbocycles. The molecule has 4 nitrogen and oxygen atoms in total. The molecule has 0 N–H and O–H groups in total. The zero-order valence-corrected chi connectivity index (χ0v) is 16.8. The van der Waals surface area contributed by atoms with Crippen LogP contribution in [-0.2, 0) is 6.42 Å². The molecule has 3 aromatic rings. The smallest absolute Gasteiger partial charge is 0.343 e. The van der Waals surface area contributed by atoms with Crippen molar-refractivity contribution >= 4 is 11.9 Å². The van der Waals surface area contributed by atoms with Crippen LogP contribution < -0.4 is 9.47 Å². The van der Waals surface area contributed by atoms with Gasteiger partial charge in [-0.25, -0.2) is 9.59 Å². The zero-order chi connectivity index (χ0) is 20.8. The number of hydrogen-bond donors (Lipinski definition) is 0. The van der Waals surface area contributed by atoms with Gasteiger partial charge >= 0.3 is 11.9 Å². The number of carbonyl (C=O) groups is 2. The first-order valence-electron chi connectivity index (χ1n) is 9.62. The molecule has 3 rings (SSSR count). The van der Waals surface area contributed by atoms with Crippen molar-refractivity contribution in [3.05, 3.63) is 95.1 Å². The standard InChI is InChI=1S/C25H24O4/c1-17(2)16-21-15-14-18(3)22(28-24(26)19-10-6-4-7-11-19)23(21)29-25(27)20-12-8-5-9-13-20/h4-15,17H,16H2,1-3H3. The van der Waals surface area contributed by atoms with Gasteiger partial charge in [-0.15, -0.1) is 0 Å². The van der Waals surface area contributed by atoms with Gasteiger partial charge in [0.15, 0.2) is 11.5 Å². The van der Waals surface area contributed by atoms with Crippen LogP contribution in [0.25, 0.3) is 0 Å². The van der Waals surface area contributed by atoms with Crippen molar-refractivity contribution in [3.63, 3.8) is 0 Å². The normalized spacial score (nSPS) is 10.6. The van der Waals surface area contributed by atoms with E-state index in [9.17, 15) is 9.59 Å². The third-order valence-corrected chi connectivity index (χ3v) is 4.43. The van der Waals surface area contributed by atoms with E-state index in [0.717, 1.165) is 11.1 Å². The first-order valence-corrected chi connectivity index (χ1v) is 9.62. The SMILES string of the molecule is Cc1ccc(CC(C)C)c(OC(=O)c2ccccc2)c1OC(=O)c1ccccc1. The van der Waals surface area contributed by atoms with Crippen LogP contribution in [0.2, 0.25) is 0 Å². The predicted molar refractivity (Wildman–Crippen MR) is 113 cm³/mol. The Hall–Kier alpha value is -3.40. The van der Waals surface area contributed by atoms with Crippen molar-refractivity contribution in [3.8, 4) is 11.5 Å². The van der Waals surface area contributed by atoms with Crippen molar-refractivity contribution in [2.45, 2.75) is 27.2 Å². The fourth-order valence-electron chi connectivity index (χ4n) is 2.99. The highest BCUT2D eigenvalue weighted by Gasteiger charge is 2.22. The summed E-state index contributed by atoms with van der Waals surface area (Å²) in [5.74, 6) is -0.0618. The maximum atomic E-state index is 12.7. The minimum atomic E-state index is -0.493. The van der Waals surface area contributed by atoms with Gasteiger partial charge in [0.1, 0.15) is 0 Å². The van der Waals surface area contributed by atoms with Gasteiger partial charge in [0.05, 0.1) is 11.1 Å². The first-order chi connectivity index (χ1) is 14.0. The van der Waals surface area contributed by atoms with E-state index in [2.05, 4.69) is 13.8 Å². The van der Waals surface area contributed by atoms with Crippen LogP contribution in [0.4, 0.5) is 0 Å². The van der Waals surface area contributed by atoms with Crippen LogP contribution in [0.15, 0.2) is 72.8 Å². The lowest BCUT2D eigenvalue weighted by Crippen LogP contribution is -2.15. The number of hydrogen-bond acceptors (Lipinski definition) is 4. The fraction of sp³-hybridized carbons (Fsp3) is 0.200. The third-order valence-electron chi connectivity index (χ3n) is 4.43. The Balaban J connectivity index is 1.99. The highest BCUT2D eigenvalue weighted by molar-refractivity contribution is 5.93.